The molecule has 3 heteroatoms. The summed E-state index contributed by atoms with van der Waals surface area (Å²) >= 11 is 1.99. The van der Waals surface area contributed by atoms with E-state index < -0.39 is 0 Å². The molecule has 1 saturated carbocycles. The van der Waals surface area contributed by atoms with Crippen LogP contribution in [0.5, 0.6) is 0 Å². The summed E-state index contributed by atoms with van der Waals surface area (Å²) in [5, 5.41) is 0. The number of fused-ring (bicyclic) bond motifs is 2. The predicted molar refractivity (Wildman–Crippen MR) is 72.0 cm³/mol. The highest BCUT2D eigenvalue weighted by Crippen LogP contribution is 2.44. The lowest BCUT2D eigenvalue weighted by Crippen LogP contribution is -2.43. The number of rotatable bonds is 1. The van der Waals surface area contributed by atoms with Crippen molar-refractivity contribution in [1.29, 1.82) is 0 Å². The van der Waals surface area contributed by atoms with Crippen LogP contribution in [0.2, 0.25) is 0 Å². The second-order valence-electron chi connectivity index (χ2n) is 5.67. The van der Waals surface area contributed by atoms with E-state index in [1.54, 1.807) is 0 Å². The van der Waals surface area contributed by atoms with Gasteiger partial charge >= 0.3 is 0 Å². The van der Waals surface area contributed by atoms with Gasteiger partial charge in [-0.25, -0.2) is 0 Å². The molecule has 17 heavy (non-hydrogen) atoms. The average Bonchev–Trinajstić information content (AvgIpc) is 2.89. The smallest absolute Gasteiger partial charge is 0.226 e. The van der Waals surface area contributed by atoms with Crippen molar-refractivity contribution in [3.8, 4) is 0 Å². The maximum Gasteiger partial charge on any atom is 0.226 e. The summed E-state index contributed by atoms with van der Waals surface area (Å²) < 4.78 is 0. The Hall–Kier alpha value is -0.440. The molecule has 2 fully saturated rings. The van der Waals surface area contributed by atoms with Gasteiger partial charge in [-0.1, -0.05) is 12.2 Å². The van der Waals surface area contributed by atoms with Crippen LogP contribution in [0.4, 0.5) is 0 Å². The molecule has 0 unspecified atom stereocenters. The molecule has 0 aromatic heterocycles. The molecular formula is C14H21NOS. The maximum absolute atomic E-state index is 12.6. The Bertz CT molecular complexity index is 341. The Labute approximate surface area is 108 Å². The minimum atomic E-state index is 0.301. The molecule has 94 valence electrons. The van der Waals surface area contributed by atoms with Crippen LogP contribution in [-0.4, -0.2) is 34.9 Å². The van der Waals surface area contributed by atoms with Crippen molar-refractivity contribution in [2.45, 2.75) is 32.2 Å². The number of amides is 1. The largest absolute Gasteiger partial charge is 0.339 e. The number of allylic oxidation sites excluding steroid dienone is 2. The summed E-state index contributed by atoms with van der Waals surface area (Å²) in [5.41, 5.74) is 0. The molecule has 2 nitrogen and oxygen atoms in total. The monoisotopic (exact) mass is 251 g/mol. The molecule has 1 amide bonds. The molecule has 3 aliphatic rings. The molecule has 0 spiro atoms. The Morgan fingerprint density at radius 1 is 1.29 bits per heavy atom. The van der Waals surface area contributed by atoms with E-state index in [1.165, 1.54) is 12.2 Å². The van der Waals surface area contributed by atoms with Crippen LogP contribution >= 0.6 is 11.8 Å². The minimum absolute atomic E-state index is 0.301. The molecule has 0 aromatic carbocycles. The average molecular weight is 251 g/mol. The highest BCUT2D eigenvalue weighted by Gasteiger charge is 2.42. The van der Waals surface area contributed by atoms with E-state index in [4.69, 9.17) is 0 Å². The topological polar surface area (TPSA) is 20.3 Å². The van der Waals surface area contributed by atoms with E-state index in [0.717, 1.165) is 25.1 Å². The molecule has 3 rings (SSSR count). The van der Waals surface area contributed by atoms with Gasteiger partial charge in [-0.15, -0.1) is 0 Å². The first kappa shape index (κ1) is 11.6. The first-order chi connectivity index (χ1) is 8.25. The number of thioether (sulfide) groups is 1. The zero-order valence-corrected chi connectivity index (χ0v) is 11.3. The second kappa shape index (κ2) is 4.68. The molecule has 0 N–H and O–H groups in total. The van der Waals surface area contributed by atoms with Gasteiger partial charge in [0.15, 0.2) is 0 Å². The highest BCUT2D eigenvalue weighted by molar-refractivity contribution is 7.99. The summed E-state index contributed by atoms with van der Waals surface area (Å²) in [6.07, 6.45) is 8.10. The van der Waals surface area contributed by atoms with Crippen molar-refractivity contribution < 1.29 is 4.79 Å². The molecule has 0 aromatic rings. The standard InChI is InChI=1S/C14H21NOS/c1-10-4-6-17-7-5-15(10)14(16)13-9-11-2-3-12(13)8-11/h2-3,10-13H,4-9H2,1H3/t10-,11-,12-,13+/m0/s1. The summed E-state index contributed by atoms with van der Waals surface area (Å²) in [6, 6.07) is 0.445. The zero-order valence-electron chi connectivity index (χ0n) is 10.5. The third-order valence-corrected chi connectivity index (χ3v) is 5.56. The minimum Gasteiger partial charge on any atom is -0.339 e. The molecule has 4 atom stereocenters. The molecule has 1 aliphatic heterocycles. The van der Waals surface area contributed by atoms with Gasteiger partial charge in [-0.2, -0.15) is 11.8 Å². The normalized spacial score (nSPS) is 40.6. The van der Waals surface area contributed by atoms with Crippen LogP contribution in [0, 0.1) is 17.8 Å². The number of hydrogen-bond acceptors (Lipinski definition) is 2. The highest BCUT2D eigenvalue weighted by atomic mass is 32.2. The van der Waals surface area contributed by atoms with Gasteiger partial charge in [0, 0.05) is 24.3 Å². The van der Waals surface area contributed by atoms with Gasteiger partial charge in [0.1, 0.15) is 0 Å². The van der Waals surface area contributed by atoms with Crippen molar-refractivity contribution in [1.82, 2.24) is 4.90 Å². The van der Waals surface area contributed by atoms with E-state index in [0.29, 0.717) is 29.7 Å². The Balaban J connectivity index is 1.70. The van der Waals surface area contributed by atoms with Crippen LogP contribution in [-0.2, 0) is 4.79 Å². The van der Waals surface area contributed by atoms with E-state index in [9.17, 15) is 4.79 Å². The van der Waals surface area contributed by atoms with Gasteiger partial charge in [-0.05, 0) is 43.8 Å². The van der Waals surface area contributed by atoms with Crippen LogP contribution < -0.4 is 0 Å². The fraction of sp³-hybridized carbons (Fsp3) is 0.786. The van der Waals surface area contributed by atoms with Crippen molar-refractivity contribution in [3.05, 3.63) is 12.2 Å². The SMILES string of the molecule is C[C@H]1CCSCCN1C(=O)[C@@H]1C[C@H]2C=C[C@H]1C2. The van der Waals surface area contributed by atoms with Crippen LogP contribution in [0.3, 0.4) is 0 Å². The third-order valence-electron chi connectivity index (χ3n) is 4.57. The summed E-state index contributed by atoms with van der Waals surface area (Å²) in [7, 11) is 0. The van der Waals surface area contributed by atoms with Crippen LogP contribution in [0.15, 0.2) is 12.2 Å². The summed E-state index contributed by atoms with van der Waals surface area (Å²) in [6.45, 7) is 3.18. The molecule has 1 saturated heterocycles. The fourth-order valence-corrected chi connectivity index (χ4v) is 4.54. The lowest BCUT2D eigenvalue weighted by atomic mass is 9.91. The van der Waals surface area contributed by atoms with Gasteiger partial charge in [0.25, 0.3) is 0 Å². The van der Waals surface area contributed by atoms with Crippen molar-refractivity contribution >= 4 is 17.7 Å². The molecule has 0 radical (unpaired) electrons. The maximum atomic E-state index is 12.6. The van der Waals surface area contributed by atoms with E-state index in [2.05, 4.69) is 24.0 Å². The lowest BCUT2D eigenvalue weighted by molar-refractivity contribution is -0.138. The number of carbonyl (C=O) groups is 1. The summed E-state index contributed by atoms with van der Waals surface area (Å²) in [5.74, 6) is 4.32. The van der Waals surface area contributed by atoms with E-state index in [1.807, 2.05) is 11.8 Å². The number of nitrogens with zero attached hydrogens (tertiary/aromatic N) is 1. The Morgan fingerprint density at radius 2 is 2.18 bits per heavy atom. The molecular weight excluding hydrogens is 230 g/mol. The van der Waals surface area contributed by atoms with Crippen molar-refractivity contribution in [3.63, 3.8) is 0 Å². The van der Waals surface area contributed by atoms with Gasteiger partial charge < -0.3 is 4.90 Å². The van der Waals surface area contributed by atoms with Crippen molar-refractivity contribution in [2.75, 3.05) is 18.1 Å². The quantitative estimate of drug-likeness (QED) is 0.668. The third kappa shape index (κ3) is 2.14. The first-order valence-electron chi connectivity index (χ1n) is 6.82. The Morgan fingerprint density at radius 3 is 2.88 bits per heavy atom. The summed E-state index contributed by atoms with van der Waals surface area (Å²) in [4.78, 5) is 14.8. The molecule has 1 heterocycles. The van der Waals surface area contributed by atoms with Crippen molar-refractivity contribution in [2.24, 2.45) is 17.8 Å². The number of carbonyl (C=O) groups excluding carboxylic acids is 1. The van der Waals surface area contributed by atoms with E-state index in [-0.39, 0.29) is 0 Å². The molecule has 2 aliphatic carbocycles. The Kier molecular flexibility index (Phi) is 3.20. The number of hydrogen-bond donors (Lipinski definition) is 0. The van der Waals surface area contributed by atoms with E-state index >= 15 is 0 Å². The van der Waals surface area contributed by atoms with Gasteiger partial charge in [0.05, 0.1) is 0 Å². The first-order valence-corrected chi connectivity index (χ1v) is 7.97. The van der Waals surface area contributed by atoms with Gasteiger partial charge in [-0.3, -0.25) is 4.79 Å². The van der Waals surface area contributed by atoms with Crippen LogP contribution in [0.25, 0.3) is 0 Å². The second-order valence-corrected chi connectivity index (χ2v) is 6.89. The fourth-order valence-electron chi connectivity index (χ4n) is 3.50. The van der Waals surface area contributed by atoms with Crippen LogP contribution in [0.1, 0.15) is 26.2 Å². The lowest BCUT2D eigenvalue weighted by Gasteiger charge is -2.31. The molecule has 2 bridgehead atoms. The predicted octanol–water partition coefficient (Wildman–Crippen LogP) is 2.55. The van der Waals surface area contributed by atoms with Gasteiger partial charge in [0.2, 0.25) is 5.91 Å². The zero-order chi connectivity index (χ0) is 11.8.